The maximum atomic E-state index is 13.5. The van der Waals surface area contributed by atoms with Gasteiger partial charge in [-0.1, -0.05) is 41.9 Å². The van der Waals surface area contributed by atoms with Crippen LogP contribution in [-0.4, -0.2) is 45.5 Å². The number of carbonyl (C=O) groups is 2. The Hall–Kier alpha value is -2.96. The molecule has 1 aliphatic heterocycles. The lowest BCUT2D eigenvalue weighted by Gasteiger charge is -2.26. The molecule has 0 saturated carbocycles. The number of amides is 1. The highest BCUT2D eigenvalue weighted by Crippen LogP contribution is 2.20. The summed E-state index contributed by atoms with van der Waals surface area (Å²) in [4.78, 5) is 24.0. The molecule has 1 amide bonds. The summed E-state index contributed by atoms with van der Waals surface area (Å²) in [6.07, 6.45) is 0.185. The van der Waals surface area contributed by atoms with E-state index in [9.17, 15) is 23.5 Å². The summed E-state index contributed by atoms with van der Waals surface area (Å²) in [6, 6.07) is 10.5. The molecular weight excluding hydrogens is 517 g/mol. The van der Waals surface area contributed by atoms with Gasteiger partial charge in [-0.3, -0.25) is 20.2 Å². The van der Waals surface area contributed by atoms with Crippen molar-refractivity contribution in [3.05, 3.63) is 82.0 Å². The number of rotatable bonds is 7. The summed E-state index contributed by atoms with van der Waals surface area (Å²) in [5.74, 6) is 1.21. The third-order valence-electron chi connectivity index (χ3n) is 4.52. The molecule has 0 aliphatic carbocycles. The molecule has 1 atom stereocenters. The minimum Gasteiger partial charge on any atom is -0.477 e. The van der Waals surface area contributed by atoms with Gasteiger partial charge in [-0.15, -0.1) is 24.8 Å². The van der Waals surface area contributed by atoms with Gasteiger partial charge in [-0.25, -0.2) is 24.8 Å². The van der Waals surface area contributed by atoms with E-state index in [1.807, 2.05) is 30.3 Å². The molecule has 0 radical (unpaired) electrons. The van der Waals surface area contributed by atoms with E-state index in [1.165, 1.54) is 6.08 Å². The predicted molar refractivity (Wildman–Crippen MR) is 127 cm³/mol. The van der Waals surface area contributed by atoms with Crippen molar-refractivity contribution in [3.8, 4) is 0 Å². The fourth-order valence-corrected chi connectivity index (χ4v) is 3.18. The molecule has 3 rings (SSSR count). The molecule has 1 aliphatic rings. The fourth-order valence-electron chi connectivity index (χ4n) is 2.95. The van der Waals surface area contributed by atoms with E-state index in [1.54, 1.807) is 0 Å². The Morgan fingerprint density at radius 1 is 1.21 bits per heavy atom. The van der Waals surface area contributed by atoms with Crippen molar-refractivity contribution in [2.24, 2.45) is 5.84 Å². The average molecular weight is 538 g/mol. The zero-order valence-electron chi connectivity index (χ0n) is 17.3. The van der Waals surface area contributed by atoms with Crippen LogP contribution in [0.1, 0.15) is 15.9 Å². The summed E-state index contributed by atoms with van der Waals surface area (Å²) in [5.41, 5.74) is 3.02. The molecule has 14 heteroatoms. The third kappa shape index (κ3) is 7.02. The van der Waals surface area contributed by atoms with Crippen LogP contribution in [0.2, 0.25) is 5.02 Å². The van der Waals surface area contributed by atoms with Crippen LogP contribution >= 0.6 is 36.4 Å². The van der Waals surface area contributed by atoms with Gasteiger partial charge in [0, 0.05) is 0 Å². The van der Waals surface area contributed by atoms with E-state index in [4.69, 9.17) is 22.9 Å². The molecule has 1 heterocycles. The van der Waals surface area contributed by atoms with E-state index in [-0.39, 0.29) is 60.0 Å². The van der Waals surface area contributed by atoms with Gasteiger partial charge >= 0.3 is 5.97 Å². The van der Waals surface area contributed by atoms with Crippen molar-refractivity contribution < 1.29 is 23.5 Å². The van der Waals surface area contributed by atoms with E-state index >= 15 is 0 Å². The van der Waals surface area contributed by atoms with Gasteiger partial charge < -0.3 is 10.4 Å². The number of carboxylic acids is 1. The lowest BCUT2D eigenvalue weighted by Crippen LogP contribution is -2.51. The Bertz CT molecular complexity index is 1090. The molecule has 0 spiro atoms. The van der Waals surface area contributed by atoms with Crippen LogP contribution in [0, 0.1) is 17.0 Å². The minimum absolute atomic E-state index is 0. The van der Waals surface area contributed by atoms with Crippen LogP contribution in [-0.2, 0) is 11.3 Å². The van der Waals surface area contributed by atoms with Gasteiger partial charge in [0.25, 0.3) is 5.91 Å². The Balaban J connectivity index is 0.00000289. The summed E-state index contributed by atoms with van der Waals surface area (Å²) in [6.45, 7) is 0.00813. The van der Waals surface area contributed by atoms with Gasteiger partial charge in [-0.2, -0.15) is 0 Å². The fraction of sp³-hybridized carbons (Fsp3) is 0.150. The van der Waals surface area contributed by atoms with Crippen LogP contribution in [0.25, 0.3) is 0 Å². The predicted octanol–water partition coefficient (Wildman–Crippen LogP) is 2.66. The number of halogens is 5. The number of carboxylic acid groups (broad SMARTS) is 1. The zero-order chi connectivity index (χ0) is 23.4. The lowest BCUT2D eigenvalue weighted by molar-refractivity contribution is -0.134. The van der Waals surface area contributed by atoms with E-state index < -0.39 is 29.7 Å². The standard InChI is InChI=1S/C20H19ClF2N6O3.2ClH/c21-13-7-15(23)14(22)6-12(13)19(30)26-18-8-16(20(31)32)29(27-18)10-17(24)28(25)9-11-4-2-1-3-5-11;;/h1-8,18,24,27H,9-10,25H2,(H,26,30)(H,31,32);2*1H. The Labute approximate surface area is 210 Å². The number of hydrazine groups is 2. The molecule has 6 N–H and O–H groups in total. The Morgan fingerprint density at radius 2 is 1.82 bits per heavy atom. The highest BCUT2D eigenvalue weighted by molar-refractivity contribution is 6.33. The van der Waals surface area contributed by atoms with E-state index in [0.29, 0.717) is 12.1 Å². The number of benzene rings is 2. The largest absolute Gasteiger partial charge is 0.477 e. The molecular formula is C20H21Cl3F2N6O3. The van der Waals surface area contributed by atoms with Gasteiger partial charge in [-0.05, 0) is 23.8 Å². The monoisotopic (exact) mass is 536 g/mol. The molecule has 0 aromatic heterocycles. The summed E-state index contributed by atoms with van der Waals surface area (Å²) >= 11 is 5.80. The number of hydrogen-bond acceptors (Lipinski definition) is 6. The average Bonchev–Trinajstić information content (AvgIpc) is 3.13. The summed E-state index contributed by atoms with van der Waals surface area (Å²) in [5, 5.41) is 22.0. The second kappa shape index (κ2) is 12.5. The molecule has 1 unspecified atom stereocenters. The molecule has 9 nitrogen and oxygen atoms in total. The van der Waals surface area contributed by atoms with Crippen LogP contribution in [0.3, 0.4) is 0 Å². The number of nitrogens with zero attached hydrogens (tertiary/aromatic N) is 2. The van der Waals surface area contributed by atoms with E-state index in [2.05, 4.69) is 10.7 Å². The number of carbonyl (C=O) groups excluding carboxylic acids is 1. The number of amidine groups is 1. The third-order valence-corrected chi connectivity index (χ3v) is 4.83. The molecule has 2 aromatic carbocycles. The molecule has 0 saturated heterocycles. The first-order valence-corrected chi connectivity index (χ1v) is 9.61. The second-order valence-electron chi connectivity index (χ2n) is 6.83. The van der Waals surface area contributed by atoms with Crippen molar-refractivity contribution in [1.29, 1.82) is 5.41 Å². The molecule has 0 bridgehead atoms. The van der Waals surface area contributed by atoms with Crippen LogP contribution in [0.5, 0.6) is 0 Å². The summed E-state index contributed by atoms with van der Waals surface area (Å²) in [7, 11) is 0. The van der Waals surface area contributed by atoms with Gasteiger partial charge in [0.2, 0.25) is 0 Å². The van der Waals surface area contributed by atoms with Crippen LogP contribution in [0.15, 0.2) is 54.2 Å². The number of hydrogen-bond donors (Lipinski definition) is 5. The minimum atomic E-state index is -1.31. The first-order chi connectivity index (χ1) is 15.2. The quantitative estimate of drug-likeness (QED) is 0.120. The SMILES string of the molecule is Cl.Cl.N=C(CN1NC(NC(=O)c2cc(F)c(F)cc2Cl)C=C1C(=O)O)N(N)Cc1ccccc1. The first-order valence-electron chi connectivity index (χ1n) is 9.23. The van der Waals surface area contributed by atoms with Gasteiger partial charge in [0.1, 0.15) is 17.7 Å². The number of nitrogens with two attached hydrogens (primary N) is 1. The molecule has 34 heavy (non-hydrogen) atoms. The van der Waals surface area contributed by atoms with Crippen LogP contribution in [0.4, 0.5) is 8.78 Å². The molecule has 2 aromatic rings. The van der Waals surface area contributed by atoms with Gasteiger partial charge in [0.15, 0.2) is 11.6 Å². The van der Waals surface area contributed by atoms with Crippen molar-refractivity contribution >= 4 is 54.1 Å². The maximum Gasteiger partial charge on any atom is 0.353 e. The molecule has 0 fully saturated rings. The number of aliphatic carboxylic acids is 1. The van der Waals surface area contributed by atoms with Crippen molar-refractivity contribution in [2.75, 3.05) is 6.54 Å². The topological polar surface area (TPSA) is 135 Å². The highest BCUT2D eigenvalue weighted by atomic mass is 35.5. The Morgan fingerprint density at radius 3 is 2.44 bits per heavy atom. The van der Waals surface area contributed by atoms with Gasteiger partial charge in [0.05, 0.1) is 23.7 Å². The normalized spacial score (nSPS) is 14.4. The summed E-state index contributed by atoms with van der Waals surface area (Å²) < 4.78 is 26.7. The van der Waals surface area contributed by atoms with Crippen molar-refractivity contribution in [2.45, 2.75) is 12.7 Å². The second-order valence-corrected chi connectivity index (χ2v) is 7.24. The highest BCUT2D eigenvalue weighted by Gasteiger charge is 2.30. The zero-order valence-corrected chi connectivity index (χ0v) is 19.7. The number of nitrogens with one attached hydrogen (secondary N) is 3. The molecule has 184 valence electrons. The Kier molecular flexibility index (Phi) is 10.7. The van der Waals surface area contributed by atoms with Crippen molar-refractivity contribution in [3.63, 3.8) is 0 Å². The van der Waals surface area contributed by atoms with Crippen LogP contribution < -0.4 is 16.6 Å². The smallest absolute Gasteiger partial charge is 0.353 e. The maximum absolute atomic E-state index is 13.5. The van der Waals surface area contributed by atoms with Crippen molar-refractivity contribution in [1.82, 2.24) is 20.8 Å². The van der Waals surface area contributed by atoms with E-state index in [0.717, 1.165) is 15.6 Å². The first kappa shape index (κ1) is 29.1. The lowest BCUT2D eigenvalue weighted by atomic mass is 10.2.